The van der Waals surface area contributed by atoms with Gasteiger partial charge in [0.2, 0.25) is 5.91 Å². The van der Waals surface area contributed by atoms with Crippen LogP contribution in [-0.2, 0) is 15.6 Å². The molecule has 0 spiro atoms. The number of anilines is 2. The number of rotatable bonds is 4. The van der Waals surface area contributed by atoms with Crippen LogP contribution in [0.25, 0.3) is 0 Å². The van der Waals surface area contributed by atoms with Gasteiger partial charge < -0.3 is 11.1 Å². The fraction of sp³-hybridized carbons (Fsp3) is 0.133. The molecule has 0 radical (unpaired) electrons. The number of nitrogens with one attached hydrogen (secondary N) is 1. The normalized spacial score (nSPS) is 11.8. The molecule has 2 rings (SSSR count). The lowest BCUT2D eigenvalue weighted by Crippen LogP contribution is -2.19. The minimum atomic E-state index is -1.40. The van der Waals surface area contributed by atoms with Gasteiger partial charge in [-0.2, -0.15) is 0 Å². The Kier molecular flexibility index (Phi) is 4.53. The van der Waals surface area contributed by atoms with E-state index in [0.717, 1.165) is 5.56 Å². The van der Waals surface area contributed by atoms with Gasteiger partial charge in [-0.25, -0.2) is 0 Å². The van der Waals surface area contributed by atoms with E-state index < -0.39 is 10.8 Å². The van der Waals surface area contributed by atoms with Gasteiger partial charge in [0, 0.05) is 16.3 Å². The number of nitrogens with two attached hydrogens (primary N) is 1. The van der Waals surface area contributed by atoms with Crippen molar-refractivity contribution < 1.29 is 9.00 Å². The summed E-state index contributed by atoms with van der Waals surface area (Å²) in [5.41, 5.74) is 7.79. The van der Waals surface area contributed by atoms with Crippen molar-refractivity contribution in [1.29, 1.82) is 0 Å². The second-order valence-electron chi connectivity index (χ2n) is 4.43. The van der Waals surface area contributed by atoms with Crippen LogP contribution in [0.4, 0.5) is 11.4 Å². The third kappa shape index (κ3) is 3.68. The molecule has 2 aromatic rings. The molecule has 0 fully saturated rings. The summed E-state index contributed by atoms with van der Waals surface area (Å²) in [4.78, 5) is 12.5. The van der Waals surface area contributed by atoms with E-state index in [4.69, 9.17) is 5.73 Å². The van der Waals surface area contributed by atoms with E-state index in [2.05, 4.69) is 5.32 Å². The zero-order valence-electron chi connectivity index (χ0n) is 11.1. The summed E-state index contributed by atoms with van der Waals surface area (Å²) < 4.78 is 12.2. The van der Waals surface area contributed by atoms with Gasteiger partial charge in [0.25, 0.3) is 0 Å². The van der Waals surface area contributed by atoms with Crippen molar-refractivity contribution >= 4 is 28.1 Å². The second-order valence-corrected chi connectivity index (χ2v) is 5.85. The number of amides is 1. The van der Waals surface area contributed by atoms with Crippen LogP contribution in [0.2, 0.25) is 0 Å². The molecular formula is C15H16N2O2S. The summed E-state index contributed by atoms with van der Waals surface area (Å²) in [7, 11) is -1.40. The van der Waals surface area contributed by atoms with Crippen molar-refractivity contribution in [3.8, 4) is 0 Å². The van der Waals surface area contributed by atoms with Crippen molar-refractivity contribution in [2.45, 2.75) is 11.8 Å². The molecule has 0 bridgehead atoms. The summed E-state index contributed by atoms with van der Waals surface area (Å²) in [6.45, 7) is 1.85. The highest BCUT2D eigenvalue weighted by atomic mass is 32.2. The minimum absolute atomic E-state index is 0.0841. The Morgan fingerprint density at radius 3 is 2.60 bits per heavy atom. The minimum Gasteiger partial charge on any atom is -0.399 e. The van der Waals surface area contributed by atoms with E-state index in [1.807, 2.05) is 25.1 Å². The quantitative estimate of drug-likeness (QED) is 0.848. The molecule has 0 saturated carbocycles. The number of hydrogen-bond donors (Lipinski definition) is 2. The standard InChI is InChI=1S/C15H16N2O2S/c1-11-7-8-12(16)9-14(11)20(19)10-15(18)17-13-5-3-2-4-6-13/h2-9H,10,16H2,1H3,(H,17,18). The molecule has 0 aliphatic rings. The maximum absolute atomic E-state index is 12.2. The first-order chi connectivity index (χ1) is 9.56. The summed E-state index contributed by atoms with van der Waals surface area (Å²) in [6.07, 6.45) is 0. The topological polar surface area (TPSA) is 72.2 Å². The lowest BCUT2D eigenvalue weighted by Gasteiger charge is -2.08. The van der Waals surface area contributed by atoms with Crippen molar-refractivity contribution in [3.63, 3.8) is 0 Å². The van der Waals surface area contributed by atoms with Crippen molar-refractivity contribution in [2.75, 3.05) is 16.8 Å². The first-order valence-electron chi connectivity index (χ1n) is 6.15. The zero-order valence-corrected chi connectivity index (χ0v) is 11.9. The van der Waals surface area contributed by atoms with Crippen molar-refractivity contribution in [3.05, 3.63) is 54.1 Å². The first-order valence-corrected chi connectivity index (χ1v) is 7.47. The number of benzene rings is 2. The molecule has 1 atom stereocenters. The van der Waals surface area contributed by atoms with Gasteiger partial charge in [-0.05, 0) is 36.8 Å². The number of carbonyl (C=O) groups is 1. The lowest BCUT2D eigenvalue weighted by atomic mass is 10.2. The Labute approximate surface area is 120 Å². The fourth-order valence-electron chi connectivity index (χ4n) is 1.78. The number of nitrogen functional groups attached to an aromatic ring is 1. The Hall–Kier alpha value is -2.14. The monoisotopic (exact) mass is 288 g/mol. The average Bonchev–Trinajstić information content (AvgIpc) is 2.42. The smallest absolute Gasteiger partial charge is 0.237 e. The van der Waals surface area contributed by atoms with Crippen molar-refractivity contribution in [1.82, 2.24) is 0 Å². The predicted molar refractivity (Wildman–Crippen MR) is 81.9 cm³/mol. The molecule has 1 unspecified atom stereocenters. The van der Waals surface area contributed by atoms with Gasteiger partial charge >= 0.3 is 0 Å². The summed E-state index contributed by atoms with van der Waals surface area (Å²) in [5, 5.41) is 2.71. The van der Waals surface area contributed by atoms with E-state index in [-0.39, 0.29) is 11.7 Å². The molecule has 0 saturated heterocycles. The maximum atomic E-state index is 12.2. The molecular weight excluding hydrogens is 272 g/mol. The van der Waals surface area contributed by atoms with E-state index in [9.17, 15) is 9.00 Å². The molecule has 5 heteroatoms. The number of carbonyl (C=O) groups excluding carboxylic acids is 1. The molecule has 104 valence electrons. The number of aryl methyl sites for hydroxylation is 1. The molecule has 0 aliphatic carbocycles. The third-order valence-corrected chi connectivity index (χ3v) is 4.23. The van der Waals surface area contributed by atoms with Gasteiger partial charge in [0.15, 0.2) is 0 Å². The van der Waals surface area contributed by atoms with E-state index in [1.54, 1.807) is 30.3 Å². The van der Waals surface area contributed by atoms with Gasteiger partial charge in [0.1, 0.15) is 5.75 Å². The zero-order chi connectivity index (χ0) is 14.5. The van der Waals surface area contributed by atoms with Crippen LogP contribution in [0.1, 0.15) is 5.56 Å². The molecule has 4 nitrogen and oxygen atoms in total. The molecule has 2 aromatic carbocycles. The highest BCUT2D eigenvalue weighted by Crippen LogP contribution is 2.17. The molecule has 20 heavy (non-hydrogen) atoms. The van der Waals surface area contributed by atoms with Gasteiger partial charge in [-0.1, -0.05) is 24.3 Å². The van der Waals surface area contributed by atoms with Crippen LogP contribution in [0.5, 0.6) is 0 Å². The summed E-state index contributed by atoms with van der Waals surface area (Å²) in [5.74, 6) is -0.365. The Balaban J connectivity index is 2.04. The SMILES string of the molecule is Cc1ccc(N)cc1S(=O)CC(=O)Nc1ccccc1. The Morgan fingerprint density at radius 2 is 1.90 bits per heavy atom. The molecule has 1 amide bonds. The van der Waals surface area contributed by atoms with Gasteiger partial charge in [-0.3, -0.25) is 9.00 Å². The van der Waals surface area contributed by atoms with E-state index >= 15 is 0 Å². The van der Waals surface area contributed by atoms with Crippen molar-refractivity contribution in [2.24, 2.45) is 0 Å². The molecule has 3 N–H and O–H groups in total. The molecule has 0 heterocycles. The molecule has 0 aromatic heterocycles. The van der Waals surface area contributed by atoms with Crippen LogP contribution in [0, 0.1) is 6.92 Å². The molecule has 0 aliphatic heterocycles. The number of hydrogen-bond acceptors (Lipinski definition) is 3. The third-order valence-electron chi connectivity index (χ3n) is 2.78. The summed E-state index contributed by atoms with van der Waals surface area (Å²) in [6, 6.07) is 14.3. The van der Waals surface area contributed by atoms with Gasteiger partial charge in [-0.15, -0.1) is 0 Å². The maximum Gasteiger partial charge on any atom is 0.237 e. The number of para-hydroxylation sites is 1. The Morgan fingerprint density at radius 1 is 1.20 bits per heavy atom. The van der Waals surface area contributed by atoms with Crippen LogP contribution < -0.4 is 11.1 Å². The second kappa shape index (κ2) is 6.34. The Bertz CT molecular complexity index is 642. The van der Waals surface area contributed by atoms with E-state index in [0.29, 0.717) is 16.3 Å². The van der Waals surface area contributed by atoms with Crippen LogP contribution >= 0.6 is 0 Å². The van der Waals surface area contributed by atoms with E-state index in [1.165, 1.54) is 0 Å². The lowest BCUT2D eigenvalue weighted by molar-refractivity contribution is -0.113. The predicted octanol–water partition coefficient (Wildman–Crippen LogP) is 2.32. The highest BCUT2D eigenvalue weighted by Gasteiger charge is 2.13. The van der Waals surface area contributed by atoms with Gasteiger partial charge in [0.05, 0.1) is 10.8 Å². The van der Waals surface area contributed by atoms with Crippen LogP contribution in [0.3, 0.4) is 0 Å². The summed E-state index contributed by atoms with van der Waals surface area (Å²) >= 11 is 0. The largest absolute Gasteiger partial charge is 0.399 e. The average molecular weight is 288 g/mol. The fourth-order valence-corrected chi connectivity index (χ4v) is 2.94. The van der Waals surface area contributed by atoms with Crippen LogP contribution in [0.15, 0.2) is 53.4 Å². The first kappa shape index (κ1) is 14.3. The highest BCUT2D eigenvalue weighted by molar-refractivity contribution is 7.85. The van der Waals surface area contributed by atoms with Crippen LogP contribution in [-0.4, -0.2) is 15.9 Å².